The lowest BCUT2D eigenvalue weighted by molar-refractivity contribution is -0.560. The van der Waals surface area contributed by atoms with Gasteiger partial charge >= 0.3 is 6.30 Å². The van der Waals surface area contributed by atoms with Crippen molar-refractivity contribution < 1.29 is 14.4 Å². The molecule has 0 heterocycles. The van der Waals surface area contributed by atoms with Crippen LogP contribution >= 0.6 is 0 Å². The fraction of sp³-hybridized carbons (Fsp3) is 0.333. The number of nitro groups is 1. The van der Waals surface area contributed by atoms with Crippen LogP contribution in [0, 0.1) is 10.1 Å². The molecule has 1 atom stereocenters. The van der Waals surface area contributed by atoms with Gasteiger partial charge in [0.2, 0.25) is 0 Å². The Morgan fingerprint density at radius 2 is 2.20 bits per heavy atom. The molecule has 0 saturated heterocycles. The number of nitrogens with one attached hydrogen (secondary N) is 1. The van der Waals surface area contributed by atoms with E-state index in [1.54, 1.807) is 6.07 Å². The van der Waals surface area contributed by atoms with Crippen molar-refractivity contribution in [3.05, 3.63) is 39.9 Å². The van der Waals surface area contributed by atoms with Gasteiger partial charge in [0.15, 0.2) is 0 Å². The molecule has 1 rings (SSSR count). The van der Waals surface area contributed by atoms with Crippen LogP contribution in [0.1, 0.15) is 11.9 Å². The van der Waals surface area contributed by atoms with Gasteiger partial charge in [0, 0.05) is 12.2 Å². The van der Waals surface area contributed by atoms with E-state index < -0.39 is 11.2 Å². The number of hydrogen-bond donors (Lipinski definition) is 2. The van der Waals surface area contributed by atoms with Gasteiger partial charge in [-0.05, 0) is 12.1 Å². The van der Waals surface area contributed by atoms with Gasteiger partial charge in [-0.25, -0.2) is 0 Å². The predicted octanol–water partition coefficient (Wildman–Crippen LogP) is 1.34. The second-order valence-electron chi connectivity index (χ2n) is 2.86. The number of anilines is 1. The van der Waals surface area contributed by atoms with Gasteiger partial charge in [-0.15, -0.1) is 0 Å². The number of para-hydroxylation sites is 1. The van der Waals surface area contributed by atoms with Gasteiger partial charge in [0.05, 0.1) is 17.1 Å². The number of nitrogens with zero attached hydrogens (tertiary/aromatic N) is 1. The summed E-state index contributed by atoms with van der Waals surface area (Å²) in [6.45, 7) is 0.102. The van der Waals surface area contributed by atoms with Crippen LogP contribution in [0.25, 0.3) is 0 Å². The lowest BCUT2D eigenvalue weighted by Crippen LogP contribution is -2.11. The average Bonchev–Trinajstić information content (AvgIpc) is 2.25. The number of halogens is 1. The Hall–Kier alpha value is -1.69. The highest BCUT2D eigenvalue weighted by molar-refractivity contribution is 5.51. The third kappa shape index (κ3) is 2.88. The Bertz CT molecular complexity index is 346. The highest BCUT2D eigenvalue weighted by atomic mass is 19.1. The normalized spacial score (nSPS) is 12.1. The number of benzene rings is 1. The molecule has 0 fully saturated rings. The van der Waals surface area contributed by atoms with Gasteiger partial charge in [-0.1, -0.05) is 12.1 Å². The molecule has 82 valence electrons. The SMILES string of the molecule is O=[N+]([O-])C(F)c1ccccc1NCCO. The summed E-state index contributed by atoms with van der Waals surface area (Å²) in [6, 6.07) is 6.03. The van der Waals surface area contributed by atoms with E-state index in [0.29, 0.717) is 5.69 Å². The topological polar surface area (TPSA) is 75.4 Å². The molecule has 0 aliphatic heterocycles. The molecule has 1 aromatic carbocycles. The van der Waals surface area contributed by atoms with E-state index in [4.69, 9.17) is 5.11 Å². The molecule has 0 saturated carbocycles. The molecule has 0 radical (unpaired) electrons. The van der Waals surface area contributed by atoms with Crippen molar-refractivity contribution in [2.75, 3.05) is 18.5 Å². The molecule has 1 unspecified atom stereocenters. The van der Waals surface area contributed by atoms with Crippen molar-refractivity contribution in [1.82, 2.24) is 0 Å². The van der Waals surface area contributed by atoms with Gasteiger partial charge < -0.3 is 10.4 Å². The third-order valence-electron chi connectivity index (χ3n) is 1.83. The van der Waals surface area contributed by atoms with Crippen molar-refractivity contribution in [2.45, 2.75) is 6.30 Å². The van der Waals surface area contributed by atoms with E-state index in [0.717, 1.165) is 0 Å². The number of hydrogen-bond acceptors (Lipinski definition) is 4. The van der Waals surface area contributed by atoms with E-state index in [2.05, 4.69) is 5.32 Å². The third-order valence-corrected chi connectivity index (χ3v) is 1.83. The number of alkyl halides is 1. The Morgan fingerprint density at radius 3 is 2.80 bits per heavy atom. The highest BCUT2D eigenvalue weighted by Crippen LogP contribution is 2.25. The maximum absolute atomic E-state index is 13.1. The molecule has 0 aliphatic rings. The fourth-order valence-corrected chi connectivity index (χ4v) is 1.17. The van der Waals surface area contributed by atoms with Gasteiger partial charge in [0.25, 0.3) is 0 Å². The van der Waals surface area contributed by atoms with Gasteiger partial charge in [-0.3, -0.25) is 10.1 Å². The summed E-state index contributed by atoms with van der Waals surface area (Å²) >= 11 is 0. The number of aliphatic hydroxyl groups is 1. The molecular formula is C9H11FN2O3. The minimum Gasteiger partial charge on any atom is -0.395 e. The first kappa shape index (κ1) is 11.4. The maximum Gasteiger partial charge on any atom is 0.377 e. The van der Waals surface area contributed by atoms with Crippen LogP contribution in [0.3, 0.4) is 0 Å². The first-order valence-corrected chi connectivity index (χ1v) is 4.38. The summed E-state index contributed by atoms with van der Waals surface area (Å²) in [6.07, 6.45) is -2.24. The Kier molecular flexibility index (Phi) is 3.99. The first-order valence-electron chi connectivity index (χ1n) is 4.38. The zero-order valence-corrected chi connectivity index (χ0v) is 7.89. The van der Waals surface area contributed by atoms with E-state index in [1.165, 1.54) is 18.2 Å². The summed E-state index contributed by atoms with van der Waals surface area (Å²) in [5, 5.41) is 21.6. The van der Waals surface area contributed by atoms with Crippen molar-refractivity contribution in [2.24, 2.45) is 0 Å². The number of aliphatic hydroxyl groups excluding tert-OH is 1. The zero-order chi connectivity index (χ0) is 11.3. The van der Waals surface area contributed by atoms with Crippen LogP contribution in [0.5, 0.6) is 0 Å². The van der Waals surface area contributed by atoms with Gasteiger partial charge in [0.1, 0.15) is 0 Å². The molecule has 1 aromatic rings. The maximum atomic E-state index is 13.1. The standard InChI is InChI=1S/C9H11FN2O3/c10-9(12(14)15)7-3-1-2-4-8(7)11-5-6-13/h1-4,9,11,13H,5-6H2. The lowest BCUT2D eigenvalue weighted by atomic mass is 10.1. The Morgan fingerprint density at radius 1 is 1.53 bits per heavy atom. The second-order valence-corrected chi connectivity index (χ2v) is 2.86. The molecule has 5 nitrogen and oxygen atoms in total. The van der Waals surface area contributed by atoms with Crippen LogP contribution in [0.4, 0.5) is 10.1 Å². The van der Waals surface area contributed by atoms with E-state index in [1.807, 2.05) is 0 Å². The van der Waals surface area contributed by atoms with Crippen LogP contribution in [0.15, 0.2) is 24.3 Å². The number of rotatable bonds is 5. The fourth-order valence-electron chi connectivity index (χ4n) is 1.17. The minimum absolute atomic E-state index is 0.0315. The lowest BCUT2D eigenvalue weighted by Gasteiger charge is -2.09. The molecule has 0 aliphatic carbocycles. The summed E-state index contributed by atoms with van der Waals surface area (Å²) in [7, 11) is 0. The van der Waals surface area contributed by atoms with Crippen LogP contribution in [0.2, 0.25) is 0 Å². The minimum atomic E-state index is -2.24. The molecular weight excluding hydrogens is 203 g/mol. The molecule has 0 amide bonds. The Labute approximate surface area is 85.7 Å². The van der Waals surface area contributed by atoms with Crippen LogP contribution < -0.4 is 5.32 Å². The van der Waals surface area contributed by atoms with Crippen LogP contribution in [-0.2, 0) is 0 Å². The van der Waals surface area contributed by atoms with Crippen molar-refractivity contribution in [3.63, 3.8) is 0 Å². The highest BCUT2D eigenvalue weighted by Gasteiger charge is 2.23. The van der Waals surface area contributed by atoms with Gasteiger partial charge in [-0.2, -0.15) is 4.39 Å². The first-order chi connectivity index (χ1) is 7.16. The van der Waals surface area contributed by atoms with Crippen molar-refractivity contribution >= 4 is 5.69 Å². The van der Waals surface area contributed by atoms with Crippen molar-refractivity contribution in [3.8, 4) is 0 Å². The van der Waals surface area contributed by atoms with E-state index in [-0.39, 0.29) is 18.7 Å². The summed E-state index contributed by atoms with van der Waals surface area (Å²) in [5.41, 5.74) is 0.298. The summed E-state index contributed by atoms with van der Waals surface area (Å²) in [4.78, 5) is 9.28. The smallest absolute Gasteiger partial charge is 0.377 e. The van der Waals surface area contributed by atoms with Crippen LogP contribution in [-0.4, -0.2) is 23.2 Å². The van der Waals surface area contributed by atoms with E-state index >= 15 is 0 Å². The molecule has 0 aromatic heterocycles. The predicted molar refractivity (Wildman–Crippen MR) is 52.9 cm³/mol. The largest absolute Gasteiger partial charge is 0.395 e. The average molecular weight is 214 g/mol. The molecule has 0 bridgehead atoms. The molecule has 6 heteroatoms. The van der Waals surface area contributed by atoms with E-state index in [9.17, 15) is 14.5 Å². The Balaban J connectivity index is 2.90. The molecule has 15 heavy (non-hydrogen) atoms. The molecule has 2 N–H and O–H groups in total. The zero-order valence-electron chi connectivity index (χ0n) is 7.89. The second kappa shape index (κ2) is 5.26. The summed E-state index contributed by atoms with van der Waals surface area (Å²) in [5.74, 6) is 0. The molecule has 0 spiro atoms. The monoisotopic (exact) mass is 214 g/mol. The van der Waals surface area contributed by atoms with Crippen molar-refractivity contribution in [1.29, 1.82) is 0 Å². The summed E-state index contributed by atoms with van der Waals surface area (Å²) < 4.78 is 13.1. The quantitative estimate of drug-likeness (QED) is 0.440.